The average Bonchev–Trinajstić information content (AvgIpc) is 3.04. The van der Waals surface area contributed by atoms with Crippen LogP contribution in [0.2, 0.25) is 0 Å². The van der Waals surface area contributed by atoms with Gasteiger partial charge < -0.3 is 9.47 Å². The molecule has 2 heterocycles. The highest BCUT2D eigenvalue weighted by molar-refractivity contribution is 6.00. The zero-order valence-electron chi connectivity index (χ0n) is 17.0. The number of aryl methyl sites for hydroxylation is 2. The first-order valence-corrected chi connectivity index (χ1v) is 9.38. The Morgan fingerprint density at radius 2 is 1.87 bits per heavy atom. The molecule has 3 rings (SSSR count). The molecule has 0 spiro atoms. The molecule has 30 heavy (non-hydrogen) atoms. The lowest BCUT2D eigenvalue weighted by molar-refractivity contribution is -0.142. The molecule has 0 aliphatic rings. The third kappa shape index (κ3) is 4.62. The number of carbonyl (C=O) groups is 3. The number of aromatic nitrogens is 3. The summed E-state index contributed by atoms with van der Waals surface area (Å²) in [6, 6.07) is 10.3. The van der Waals surface area contributed by atoms with Crippen LogP contribution in [0.5, 0.6) is 0 Å². The van der Waals surface area contributed by atoms with Gasteiger partial charge >= 0.3 is 11.9 Å². The van der Waals surface area contributed by atoms with Crippen LogP contribution in [0.25, 0.3) is 11.0 Å². The zero-order valence-corrected chi connectivity index (χ0v) is 17.0. The molecule has 9 heteroatoms. The van der Waals surface area contributed by atoms with E-state index in [1.807, 2.05) is 6.92 Å². The minimum atomic E-state index is -0.690. The van der Waals surface area contributed by atoms with Crippen molar-refractivity contribution in [1.82, 2.24) is 14.8 Å². The topological polar surface area (TPSA) is 104 Å². The van der Waals surface area contributed by atoms with Gasteiger partial charge in [0, 0.05) is 24.3 Å². The molecule has 156 valence electrons. The largest absolute Gasteiger partial charge is 0.465 e. The average molecular weight is 410 g/mol. The summed E-state index contributed by atoms with van der Waals surface area (Å²) in [6.45, 7) is 2.89. The summed E-state index contributed by atoms with van der Waals surface area (Å²) in [4.78, 5) is 42.5. The van der Waals surface area contributed by atoms with E-state index in [0.717, 1.165) is 11.1 Å². The molecule has 0 atom stereocenters. The molecule has 0 N–H and O–H groups in total. The van der Waals surface area contributed by atoms with Gasteiger partial charge in [0.25, 0.3) is 5.91 Å². The fourth-order valence-electron chi connectivity index (χ4n) is 2.98. The highest BCUT2D eigenvalue weighted by Crippen LogP contribution is 2.18. The van der Waals surface area contributed by atoms with Gasteiger partial charge in [-0.3, -0.25) is 19.2 Å². The van der Waals surface area contributed by atoms with E-state index in [2.05, 4.69) is 10.1 Å². The Labute approximate surface area is 173 Å². The smallest absolute Gasteiger partial charge is 0.340 e. The number of esters is 2. The minimum Gasteiger partial charge on any atom is -0.465 e. The number of fused-ring (bicyclic) bond motifs is 1. The predicted molar refractivity (Wildman–Crippen MR) is 109 cm³/mol. The zero-order chi connectivity index (χ0) is 21.7. The molecule has 0 unspecified atom stereocenters. The van der Waals surface area contributed by atoms with Gasteiger partial charge in [0.15, 0.2) is 12.3 Å². The normalized spacial score (nSPS) is 10.6. The van der Waals surface area contributed by atoms with Gasteiger partial charge in [-0.2, -0.15) is 5.10 Å². The van der Waals surface area contributed by atoms with Crippen LogP contribution in [0.3, 0.4) is 0 Å². The molecule has 1 aromatic carbocycles. The first kappa shape index (κ1) is 21.0. The van der Waals surface area contributed by atoms with Crippen LogP contribution in [-0.4, -0.2) is 52.4 Å². The Morgan fingerprint density at radius 3 is 2.57 bits per heavy atom. The highest BCUT2D eigenvalue weighted by Gasteiger charge is 2.22. The van der Waals surface area contributed by atoms with Crippen molar-refractivity contribution in [3.8, 4) is 0 Å². The van der Waals surface area contributed by atoms with Gasteiger partial charge in [-0.05, 0) is 32.0 Å². The molecule has 0 saturated heterocycles. The SMILES string of the molecule is CCOC(=O)CN(C(=O)COC(=O)c1cnc2c(c1)c(C)nn2C)c1ccccc1. The highest BCUT2D eigenvalue weighted by atomic mass is 16.5. The Morgan fingerprint density at radius 1 is 1.13 bits per heavy atom. The Balaban J connectivity index is 1.72. The summed E-state index contributed by atoms with van der Waals surface area (Å²) >= 11 is 0. The van der Waals surface area contributed by atoms with Crippen molar-refractivity contribution < 1.29 is 23.9 Å². The van der Waals surface area contributed by atoms with Crippen molar-refractivity contribution >= 4 is 34.6 Å². The number of hydrogen-bond donors (Lipinski definition) is 0. The van der Waals surface area contributed by atoms with Crippen LogP contribution in [0, 0.1) is 6.92 Å². The molecule has 0 fully saturated rings. The first-order valence-electron chi connectivity index (χ1n) is 9.38. The van der Waals surface area contributed by atoms with E-state index in [4.69, 9.17) is 9.47 Å². The van der Waals surface area contributed by atoms with E-state index in [1.54, 1.807) is 55.1 Å². The van der Waals surface area contributed by atoms with Gasteiger partial charge in [0.05, 0.1) is 17.9 Å². The Kier molecular flexibility index (Phi) is 6.41. The standard InChI is InChI=1S/C21H22N4O5/c1-4-29-19(27)12-25(16-8-6-5-7-9-16)18(26)13-30-21(28)15-10-17-14(2)23-24(3)20(17)22-11-15/h5-11H,4,12-13H2,1-3H3. The predicted octanol–water partition coefficient (Wildman–Crippen LogP) is 2.03. The maximum atomic E-state index is 12.7. The Hall–Kier alpha value is -3.75. The molecule has 2 aromatic heterocycles. The fraction of sp³-hybridized carbons (Fsp3) is 0.286. The van der Waals surface area contributed by atoms with Crippen LogP contribution >= 0.6 is 0 Å². The van der Waals surface area contributed by atoms with Crippen LogP contribution in [0.15, 0.2) is 42.6 Å². The van der Waals surface area contributed by atoms with Gasteiger partial charge in [0.1, 0.15) is 6.54 Å². The lowest BCUT2D eigenvalue weighted by Gasteiger charge is -2.21. The summed E-state index contributed by atoms with van der Waals surface area (Å²) in [5.74, 6) is -1.79. The second kappa shape index (κ2) is 9.17. The number of carbonyl (C=O) groups excluding carboxylic acids is 3. The van der Waals surface area contributed by atoms with Crippen LogP contribution < -0.4 is 4.90 Å². The number of hydrogen-bond acceptors (Lipinski definition) is 7. The van der Waals surface area contributed by atoms with Crippen molar-refractivity contribution in [2.24, 2.45) is 7.05 Å². The number of pyridine rings is 1. The molecular weight excluding hydrogens is 388 g/mol. The number of benzene rings is 1. The van der Waals surface area contributed by atoms with Crippen LogP contribution in [0.1, 0.15) is 23.0 Å². The van der Waals surface area contributed by atoms with Gasteiger partial charge in [-0.1, -0.05) is 18.2 Å². The number of amides is 1. The van der Waals surface area contributed by atoms with E-state index in [1.165, 1.54) is 11.1 Å². The van der Waals surface area contributed by atoms with E-state index >= 15 is 0 Å². The second-order valence-corrected chi connectivity index (χ2v) is 6.50. The van der Waals surface area contributed by atoms with Crippen LogP contribution in [-0.2, 0) is 26.1 Å². The van der Waals surface area contributed by atoms with Gasteiger partial charge in [0.2, 0.25) is 0 Å². The molecule has 1 amide bonds. The molecule has 0 saturated carbocycles. The summed E-state index contributed by atoms with van der Waals surface area (Å²) < 4.78 is 11.7. The van der Waals surface area contributed by atoms with Gasteiger partial charge in [-0.15, -0.1) is 0 Å². The van der Waals surface area contributed by atoms with E-state index in [0.29, 0.717) is 11.3 Å². The van der Waals surface area contributed by atoms with Crippen molar-refractivity contribution in [2.45, 2.75) is 13.8 Å². The number of para-hydroxylation sites is 1. The summed E-state index contributed by atoms with van der Waals surface area (Å²) in [6.07, 6.45) is 1.38. The molecule has 0 bridgehead atoms. The lowest BCUT2D eigenvalue weighted by Crippen LogP contribution is -2.39. The molecular formula is C21H22N4O5. The molecule has 3 aromatic rings. The van der Waals surface area contributed by atoms with E-state index < -0.39 is 24.5 Å². The third-order valence-corrected chi connectivity index (χ3v) is 4.39. The number of rotatable bonds is 7. The van der Waals surface area contributed by atoms with Crippen molar-refractivity contribution in [1.29, 1.82) is 0 Å². The lowest BCUT2D eigenvalue weighted by atomic mass is 10.2. The van der Waals surface area contributed by atoms with Crippen molar-refractivity contribution in [3.05, 3.63) is 53.9 Å². The summed E-state index contributed by atoms with van der Waals surface area (Å²) in [7, 11) is 1.76. The molecule has 0 aliphatic heterocycles. The maximum Gasteiger partial charge on any atom is 0.340 e. The molecule has 0 radical (unpaired) electrons. The number of anilines is 1. The molecule has 0 aliphatic carbocycles. The van der Waals surface area contributed by atoms with Crippen LogP contribution in [0.4, 0.5) is 5.69 Å². The van der Waals surface area contributed by atoms with E-state index in [9.17, 15) is 14.4 Å². The third-order valence-electron chi connectivity index (χ3n) is 4.39. The van der Waals surface area contributed by atoms with Gasteiger partial charge in [-0.25, -0.2) is 9.78 Å². The Bertz CT molecular complexity index is 1080. The number of nitrogens with zero attached hydrogens (tertiary/aromatic N) is 4. The first-order chi connectivity index (χ1) is 14.4. The second-order valence-electron chi connectivity index (χ2n) is 6.50. The molecule has 9 nitrogen and oxygen atoms in total. The summed E-state index contributed by atoms with van der Waals surface area (Å²) in [5.41, 5.74) is 2.09. The van der Waals surface area contributed by atoms with E-state index in [-0.39, 0.29) is 18.7 Å². The monoisotopic (exact) mass is 410 g/mol. The van der Waals surface area contributed by atoms with Crippen molar-refractivity contribution in [3.63, 3.8) is 0 Å². The fourth-order valence-corrected chi connectivity index (χ4v) is 2.98. The quantitative estimate of drug-likeness (QED) is 0.549. The summed E-state index contributed by atoms with van der Waals surface area (Å²) in [5, 5.41) is 4.99. The maximum absolute atomic E-state index is 12.7. The van der Waals surface area contributed by atoms with Crippen molar-refractivity contribution in [2.75, 3.05) is 24.7 Å². The minimum absolute atomic E-state index is 0.202. The number of ether oxygens (including phenoxy) is 2.